The zero-order valence-corrected chi connectivity index (χ0v) is 14.2. The highest BCUT2D eigenvalue weighted by atomic mass is 16.2. The largest absolute Gasteiger partial charge is 0.337 e. The van der Waals surface area contributed by atoms with Gasteiger partial charge in [-0.3, -0.25) is 14.8 Å². The van der Waals surface area contributed by atoms with Gasteiger partial charge in [-0.25, -0.2) is 0 Å². The summed E-state index contributed by atoms with van der Waals surface area (Å²) in [5.74, 6) is 0.653. The average molecular weight is 304 g/mol. The highest BCUT2D eigenvalue weighted by Crippen LogP contribution is 2.29. The van der Waals surface area contributed by atoms with E-state index in [9.17, 15) is 4.79 Å². The van der Waals surface area contributed by atoms with E-state index in [1.165, 1.54) is 12.8 Å². The molecule has 1 amide bonds. The fourth-order valence-electron chi connectivity index (χ4n) is 3.41. The Hall–Kier alpha value is -1.36. The van der Waals surface area contributed by atoms with Crippen molar-refractivity contribution in [2.45, 2.75) is 52.0 Å². The van der Waals surface area contributed by atoms with Crippen molar-refractivity contribution in [3.05, 3.63) is 17.5 Å². The Morgan fingerprint density at radius 3 is 2.64 bits per heavy atom. The molecule has 0 aromatic carbocycles. The van der Waals surface area contributed by atoms with Crippen LogP contribution in [0.25, 0.3) is 0 Å². The van der Waals surface area contributed by atoms with Crippen molar-refractivity contribution in [1.82, 2.24) is 20.0 Å². The van der Waals surface area contributed by atoms with E-state index in [4.69, 9.17) is 0 Å². The number of carbonyl (C=O) groups is 1. The summed E-state index contributed by atoms with van der Waals surface area (Å²) >= 11 is 0. The van der Waals surface area contributed by atoms with Crippen LogP contribution in [0.4, 0.5) is 0 Å². The van der Waals surface area contributed by atoms with Crippen molar-refractivity contribution < 1.29 is 4.79 Å². The molecule has 1 saturated carbocycles. The molecule has 22 heavy (non-hydrogen) atoms. The minimum atomic E-state index is -0.0982. The lowest BCUT2D eigenvalue weighted by Crippen LogP contribution is -2.37. The predicted octanol–water partition coefficient (Wildman–Crippen LogP) is 2.26. The number of hydrogen-bond acceptors (Lipinski definition) is 3. The first kappa shape index (κ1) is 15.5. The van der Waals surface area contributed by atoms with Gasteiger partial charge in [-0.15, -0.1) is 0 Å². The minimum Gasteiger partial charge on any atom is -0.337 e. The van der Waals surface area contributed by atoms with Crippen LogP contribution in [0.2, 0.25) is 0 Å². The molecule has 5 heteroatoms. The minimum absolute atomic E-state index is 0.0982. The lowest BCUT2D eigenvalue weighted by Gasteiger charge is -2.24. The standard InChI is InChI=1S/C17H28N4O/c1-12-10-20(13-5-6-13)7-8-21(11-12)16(22)14-9-18-19-15(14)17(2,3)4/h9,12-13H,5-8,10-11H2,1-4H3,(H,18,19). The van der Waals surface area contributed by atoms with Crippen molar-refractivity contribution in [2.75, 3.05) is 26.2 Å². The second-order valence-electron chi connectivity index (χ2n) is 7.99. The van der Waals surface area contributed by atoms with Gasteiger partial charge in [0.15, 0.2) is 0 Å². The van der Waals surface area contributed by atoms with Crippen molar-refractivity contribution in [3.8, 4) is 0 Å². The molecule has 5 nitrogen and oxygen atoms in total. The molecule has 1 aromatic heterocycles. The Bertz CT molecular complexity index is 541. The fourth-order valence-corrected chi connectivity index (χ4v) is 3.41. The highest BCUT2D eigenvalue weighted by molar-refractivity contribution is 5.95. The van der Waals surface area contributed by atoms with Crippen molar-refractivity contribution in [3.63, 3.8) is 0 Å². The number of H-pyrrole nitrogens is 1. The third-order valence-corrected chi connectivity index (χ3v) is 4.71. The number of nitrogens with one attached hydrogen (secondary N) is 1. The van der Waals surface area contributed by atoms with Gasteiger partial charge in [0.1, 0.15) is 0 Å². The number of rotatable bonds is 2. The molecule has 1 atom stereocenters. The molecular weight excluding hydrogens is 276 g/mol. The van der Waals surface area contributed by atoms with Crippen molar-refractivity contribution in [2.24, 2.45) is 5.92 Å². The first-order chi connectivity index (χ1) is 10.4. The third kappa shape index (κ3) is 3.19. The molecule has 1 N–H and O–H groups in total. The molecule has 122 valence electrons. The van der Waals surface area contributed by atoms with Gasteiger partial charge in [0.2, 0.25) is 0 Å². The van der Waals surface area contributed by atoms with E-state index in [2.05, 4.69) is 42.8 Å². The van der Waals surface area contributed by atoms with Gasteiger partial charge in [0, 0.05) is 37.6 Å². The Balaban J connectivity index is 1.76. The van der Waals surface area contributed by atoms with E-state index in [1.807, 2.05) is 4.90 Å². The molecule has 2 fully saturated rings. The van der Waals surface area contributed by atoms with Crippen LogP contribution in [0.1, 0.15) is 56.6 Å². The quantitative estimate of drug-likeness (QED) is 0.912. The molecule has 3 rings (SSSR count). The maximum absolute atomic E-state index is 13.0. The Labute approximate surface area is 133 Å². The zero-order chi connectivity index (χ0) is 15.9. The Morgan fingerprint density at radius 1 is 1.27 bits per heavy atom. The third-order valence-electron chi connectivity index (χ3n) is 4.71. The summed E-state index contributed by atoms with van der Waals surface area (Å²) in [5, 5.41) is 7.14. The van der Waals surface area contributed by atoms with Crippen molar-refractivity contribution >= 4 is 5.91 Å². The van der Waals surface area contributed by atoms with E-state index in [-0.39, 0.29) is 11.3 Å². The van der Waals surface area contributed by atoms with E-state index < -0.39 is 0 Å². The predicted molar refractivity (Wildman–Crippen MR) is 87.0 cm³/mol. The molecule has 1 aliphatic carbocycles. The van der Waals surface area contributed by atoms with Crippen LogP contribution in [-0.2, 0) is 5.41 Å². The van der Waals surface area contributed by atoms with Gasteiger partial charge < -0.3 is 4.90 Å². The molecule has 1 unspecified atom stereocenters. The molecule has 1 aliphatic heterocycles. The summed E-state index contributed by atoms with van der Waals surface area (Å²) < 4.78 is 0. The number of aromatic amines is 1. The molecule has 0 bridgehead atoms. The Morgan fingerprint density at radius 2 is 2.00 bits per heavy atom. The topological polar surface area (TPSA) is 52.2 Å². The van der Waals surface area contributed by atoms with Crippen LogP contribution in [0.3, 0.4) is 0 Å². The monoisotopic (exact) mass is 304 g/mol. The van der Waals surface area contributed by atoms with Gasteiger partial charge in [-0.05, 0) is 18.8 Å². The smallest absolute Gasteiger partial charge is 0.257 e. The van der Waals surface area contributed by atoms with Gasteiger partial charge in [-0.1, -0.05) is 27.7 Å². The van der Waals surface area contributed by atoms with E-state index in [0.717, 1.165) is 43.5 Å². The fraction of sp³-hybridized carbons (Fsp3) is 0.765. The van der Waals surface area contributed by atoms with Gasteiger partial charge in [0.05, 0.1) is 17.5 Å². The first-order valence-corrected chi connectivity index (χ1v) is 8.43. The summed E-state index contributed by atoms with van der Waals surface area (Å²) in [4.78, 5) is 17.6. The normalized spacial score (nSPS) is 24.4. The van der Waals surface area contributed by atoms with Crippen LogP contribution in [0.5, 0.6) is 0 Å². The summed E-state index contributed by atoms with van der Waals surface area (Å²) in [6.45, 7) is 12.4. The van der Waals surface area contributed by atoms with Crippen LogP contribution >= 0.6 is 0 Å². The molecule has 2 aliphatic rings. The molecule has 0 radical (unpaired) electrons. The molecule has 2 heterocycles. The van der Waals surface area contributed by atoms with Crippen molar-refractivity contribution in [1.29, 1.82) is 0 Å². The number of amides is 1. The molecule has 1 aromatic rings. The number of carbonyl (C=O) groups excluding carboxylic acids is 1. The summed E-state index contributed by atoms with van der Waals surface area (Å²) in [6, 6.07) is 0.775. The maximum Gasteiger partial charge on any atom is 0.257 e. The number of nitrogens with zero attached hydrogens (tertiary/aromatic N) is 3. The second kappa shape index (κ2) is 5.69. The maximum atomic E-state index is 13.0. The number of hydrogen-bond donors (Lipinski definition) is 1. The zero-order valence-electron chi connectivity index (χ0n) is 14.2. The SMILES string of the molecule is CC1CN(C(=O)c2cn[nH]c2C(C)(C)C)CCN(C2CC2)C1. The van der Waals surface area contributed by atoms with E-state index in [0.29, 0.717) is 5.92 Å². The molecule has 0 spiro atoms. The van der Waals surface area contributed by atoms with Gasteiger partial charge in [-0.2, -0.15) is 5.10 Å². The average Bonchev–Trinajstić information content (AvgIpc) is 3.18. The summed E-state index contributed by atoms with van der Waals surface area (Å²) in [6.07, 6.45) is 4.35. The van der Waals surface area contributed by atoms with Gasteiger partial charge in [0.25, 0.3) is 5.91 Å². The Kier molecular flexibility index (Phi) is 4.02. The van der Waals surface area contributed by atoms with Crippen LogP contribution in [0.15, 0.2) is 6.20 Å². The molecular formula is C17H28N4O. The lowest BCUT2D eigenvalue weighted by atomic mass is 9.89. The summed E-state index contributed by atoms with van der Waals surface area (Å²) in [7, 11) is 0. The van der Waals surface area contributed by atoms with E-state index >= 15 is 0 Å². The van der Waals surface area contributed by atoms with Crippen LogP contribution in [-0.4, -0.2) is 58.1 Å². The van der Waals surface area contributed by atoms with Gasteiger partial charge >= 0.3 is 0 Å². The highest BCUT2D eigenvalue weighted by Gasteiger charge is 2.34. The number of aromatic nitrogens is 2. The van der Waals surface area contributed by atoms with E-state index in [1.54, 1.807) is 6.20 Å². The second-order valence-corrected chi connectivity index (χ2v) is 7.99. The molecule has 1 saturated heterocycles. The summed E-state index contributed by atoms with van der Waals surface area (Å²) in [5.41, 5.74) is 1.58. The first-order valence-electron chi connectivity index (χ1n) is 8.43. The van der Waals surface area contributed by atoms with Crippen LogP contribution < -0.4 is 0 Å². The van der Waals surface area contributed by atoms with Crippen LogP contribution in [0, 0.1) is 5.92 Å². The lowest BCUT2D eigenvalue weighted by molar-refractivity contribution is 0.0746.